The Morgan fingerprint density at radius 3 is 2.50 bits per heavy atom. The molecule has 1 aromatic rings. The van der Waals surface area contributed by atoms with Gasteiger partial charge in [-0.3, -0.25) is 0 Å². The van der Waals surface area contributed by atoms with E-state index in [1.54, 1.807) is 6.07 Å². The molecule has 0 spiro atoms. The average Bonchev–Trinajstić information content (AvgIpc) is 2.27. The number of methoxy groups -OCH3 is 1. The van der Waals surface area contributed by atoms with Crippen molar-refractivity contribution in [1.29, 1.82) is 5.26 Å². The van der Waals surface area contributed by atoms with E-state index in [9.17, 15) is 4.79 Å². The molecule has 0 radical (unpaired) electrons. The van der Waals surface area contributed by atoms with Gasteiger partial charge in [0.25, 0.3) is 0 Å². The van der Waals surface area contributed by atoms with Crippen LogP contribution in [0.15, 0.2) is 24.3 Å². The van der Waals surface area contributed by atoms with Gasteiger partial charge in [0.15, 0.2) is 6.10 Å². The van der Waals surface area contributed by atoms with Crippen LogP contribution < -0.4 is 0 Å². The topological polar surface area (TPSA) is 70.3 Å². The lowest BCUT2D eigenvalue weighted by atomic mass is 10.1. The number of benzene rings is 1. The lowest BCUT2D eigenvalue weighted by molar-refractivity contribution is 0.0600. The Morgan fingerprint density at radius 2 is 2.07 bits per heavy atom. The third-order valence-electron chi connectivity index (χ3n) is 1.77. The van der Waals surface area contributed by atoms with Crippen molar-refractivity contribution >= 4 is 5.97 Å². The van der Waals surface area contributed by atoms with E-state index in [1.807, 2.05) is 0 Å². The zero-order valence-electron chi connectivity index (χ0n) is 7.60. The van der Waals surface area contributed by atoms with Gasteiger partial charge >= 0.3 is 5.97 Å². The van der Waals surface area contributed by atoms with Crippen LogP contribution in [0, 0.1) is 11.3 Å². The van der Waals surface area contributed by atoms with Crippen LogP contribution in [0.4, 0.5) is 0 Å². The number of rotatable bonds is 2. The Kier molecular flexibility index (Phi) is 3.21. The lowest BCUT2D eigenvalue weighted by Crippen LogP contribution is -2.01. The molecule has 0 aliphatic rings. The highest BCUT2D eigenvalue weighted by atomic mass is 16.5. The second-order valence-corrected chi connectivity index (χ2v) is 2.65. The first-order chi connectivity index (χ1) is 6.69. The third-order valence-corrected chi connectivity index (χ3v) is 1.77. The number of aliphatic hydroxyl groups is 1. The molecule has 0 aromatic heterocycles. The van der Waals surface area contributed by atoms with Crippen molar-refractivity contribution in [2.45, 2.75) is 6.10 Å². The average molecular weight is 191 g/mol. The van der Waals surface area contributed by atoms with Crippen molar-refractivity contribution in [2.75, 3.05) is 7.11 Å². The molecule has 0 amide bonds. The molecule has 0 aliphatic carbocycles. The summed E-state index contributed by atoms with van der Waals surface area (Å²) in [5.41, 5.74) is 0.849. The Labute approximate surface area is 81.4 Å². The Hall–Kier alpha value is -1.86. The highest BCUT2D eigenvalue weighted by Crippen LogP contribution is 2.12. The van der Waals surface area contributed by atoms with Crippen LogP contribution >= 0.6 is 0 Å². The number of aliphatic hydroxyl groups excluding tert-OH is 1. The predicted molar refractivity (Wildman–Crippen MR) is 48.4 cm³/mol. The van der Waals surface area contributed by atoms with Gasteiger partial charge in [0.1, 0.15) is 0 Å². The van der Waals surface area contributed by atoms with Gasteiger partial charge < -0.3 is 9.84 Å². The second-order valence-electron chi connectivity index (χ2n) is 2.65. The summed E-state index contributed by atoms with van der Waals surface area (Å²) >= 11 is 0. The molecule has 1 unspecified atom stereocenters. The molecule has 1 rings (SSSR count). The van der Waals surface area contributed by atoms with Crippen molar-refractivity contribution in [3.8, 4) is 6.07 Å². The molecule has 0 bridgehead atoms. The molecule has 0 heterocycles. The summed E-state index contributed by atoms with van der Waals surface area (Å²) < 4.78 is 4.50. The van der Waals surface area contributed by atoms with Gasteiger partial charge in [0.2, 0.25) is 0 Å². The standard InChI is InChI=1S/C10H9NO3/c1-14-10(13)8-4-2-7(3-5-8)9(12)6-11/h2-5,9,12H,1H3. The first-order valence-corrected chi connectivity index (χ1v) is 3.95. The summed E-state index contributed by atoms with van der Waals surface area (Å²) in [5, 5.41) is 17.6. The van der Waals surface area contributed by atoms with Gasteiger partial charge in [-0.2, -0.15) is 5.26 Å². The van der Waals surface area contributed by atoms with Crippen LogP contribution in [-0.4, -0.2) is 18.2 Å². The van der Waals surface area contributed by atoms with Crippen molar-refractivity contribution in [3.63, 3.8) is 0 Å². The fourth-order valence-electron chi connectivity index (χ4n) is 0.994. The van der Waals surface area contributed by atoms with Crippen molar-refractivity contribution < 1.29 is 14.6 Å². The second kappa shape index (κ2) is 4.40. The van der Waals surface area contributed by atoms with Gasteiger partial charge in [0, 0.05) is 0 Å². The molecule has 1 atom stereocenters. The molecule has 0 saturated carbocycles. The fraction of sp³-hybridized carbons (Fsp3) is 0.200. The Morgan fingerprint density at radius 1 is 1.50 bits per heavy atom. The normalized spacial score (nSPS) is 11.5. The van der Waals surface area contributed by atoms with Crippen LogP contribution in [0.2, 0.25) is 0 Å². The van der Waals surface area contributed by atoms with Gasteiger partial charge in [-0.1, -0.05) is 12.1 Å². The number of nitriles is 1. The van der Waals surface area contributed by atoms with E-state index >= 15 is 0 Å². The maximum Gasteiger partial charge on any atom is 0.337 e. The van der Waals surface area contributed by atoms with Crippen molar-refractivity contribution in [2.24, 2.45) is 0 Å². The minimum absolute atomic E-state index is 0.390. The van der Waals surface area contributed by atoms with Crippen LogP contribution in [0.1, 0.15) is 22.0 Å². The van der Waals surface area contributed by atoms with Crippen LogP contribution in [0.3, 0.4) is 0 Å². The first kappa shape index (κ1) is 10.2. The van der Waals surface area contributed by atoms with Gasteiger partial charge in [-0.25, -0.2) is 4.79 Å². The quantitative estimate of drug-likeness (QED) is 0.559. The summed E-state index contributed by atoms with van der Waals surface area (Å²) in [7, 11) is 1.29. The molecular weight excluding hydrogens is 182 g/mol. The fourth-order valence-corrected chi connectivity index (χ4v) is 0.994. The summed E-state index contributed by atoms with van der Waals surface area (Å²) in [6.07, 6.45) is -1.15. The zero-order chi connectivity index (χ0) is 10.6. The molecule has 4 heteroatoms. The summed E-state index contributed by atoms with van der Waals surface area (Å²) in [6, 6.07) is 7.71. The molecular formula is C10H9NO3. The molecule has 1 aromatic carbocycles. The summed E-state index contributed by atoms with van der Waals surface area (Å²) in [6.45, 7) is 0. The van der Waals surface area contributed by atoms with Gasteiger partial charge in [0.05, 0.1) is 18.7 Å². The van der Waals surface area contributed by atoms with Crippen molar-refractivity contribution in [1.82, 2.24) is 0 Å². The Bertz CT molecular complexity index is 364. The number of carbonyl (C=O) groups excluding carboxylic acids is 1. The number of nitrogens with zero attached hydrogens (tertiary/aromatic N) is 1. The lowest BCUT2D eigenvalue weighted by Gasteiger charge is -2.03. The minimum Gasteiger partial charge on any atom is -0.465 e. The van der Waals surface area contributed by atoms with E-state index in [4.69, 9.17) is 10.4 Å². The minimum atomic E-state index is -1.15. The molecule has 0 aliphatic heterocycles. The molecule has 0 saturated heterocycles. The third kappa shape index (κ3) is 2.09. The van der Waals surface area contributed by atoms with Crippen LogP contribution in [0.5, 0.6) is 0 Å². The zero-order valence-corrected chi connectivity index (χ0v) is 7.60. The van der Waals surface area contributed by atoms with E-state index in [1.165, 1.54) is 31.4 Å². The first-order valence-electron chi connectivity index (χ1n) is 3.95. The number of ether oxygens (including phenoxy) is 1. The smallest absolute Gasteiger partial charge is 0.337 e. The summed E-state index contributed by atoms with van der Waals surface area (Å²) in [4.78, 5) is 11.0. The van der Waals surface area contributed by atoms with Crippen molar-refractivity contribution in [3.05, 3.63) is 35.4 Å². The monoisotopic (exact) mass is 191 g/mol. The highest BCUT2D eigenvalue weighted by molar-refractivity contribution is 5.89. The SMILES string of the molecule is COC(=O)c1ccc(C(O)C#N)cc1. The van der Waals surface area contributed by atoms with Crippen LogP contribution in [0.25, 0.3) is 0 Å². The number of hydrogen-bond donors (Lipinski definition) is 1. The number of hydrogen-bond acceptors (Lipinski definition) is 4. The maximum absolute atomic E-state index is 11.0. The molecule has 14 heavy (non-hydrogen) atoms. The van der Waals surface area contributed by atoms with E-state index in [2.05, 4.69) is 4.74 Å². The van der Waals surface area contributed by atoms with E-state index < -0.39 is 12.1 Å². The molecule has 4 nitrogen and oxygen atoms in total. The number of carbonyl (C=O) groups is 1. The van der Waals surface area contributed by atoms with E-state index in [0.717, 1.165) is 0 Å². The molecule has 1 N–H and O–H groups in total. The van der Waals surface area contributed by atoms with Crippen LogP contribution in [-0.2, 0) is 4.74 Å². The largest absolute Gasteiger partial charge is 0.465 e. The van der Waals surface area contributed by atoms with E-state index in [-0.39, 0.29) is 0 Å². The van der Waals surface area contributed by atoms with Gasteiger partial charge in [-0.05, 0) is 17.7 Å². The maximum atomic E-state index is 11.0. The summed E-state index contributed by atoms with van der Waals surface area (Å²) in [5.74, 6) is -0.442. The van der Waals surface area contributed by atoms with Gasteiger partial charge in [-0.15, -0.1) is 0 Å². The number of esters is 1. The Balaban J connectivity index is 2.90. The molecule has 0 fully saturated rings. The predicted octanol–water partition coefficient (Wildman–Crippen LogP) is 1.03. The highest BCUT2D eigenvalue weighted by Gasteiger charge is 2.08. The molecule has 72 valence electrons. The van der Waals surface area contributed by atoms with E-state index in [0.29, 0.717) is 11.1 Å².